The summed E-state index contributed by atoms with van der Waals surface area (Å²) in [6.07, 6.45) is 0. The second-order valence-corrected chi connectivity index (χ2v) is 3.14. The van der Waals surface area contributed by atoms with Gasteiger partial charge >= 0.3 is 0 Å². The molecule has 0 fully saturated rings. The molecule has 0 heterocycles. The normalized spacial score (nSPS) is 10.0. The van der Waals surface area contributed by atoms with Crippen LogP contribution in [0.5, 0.6) is 5.75 Å². The number of ether oxygens (including phenoxy) is 1. The first-order valence-electron chi connectivity index (χ1n) is 4.52. The Morgan fingerprint density at radius 3 is 2.64 bits per heavy atom. The van der Waals surface area contributed by atoms with E-state index in [0.717, 1.165) is 17.0 Å². The molecule has 1 aromatic carbocycles. The summed E-state index contributed by atoms with van der Waals surface area (Å²) in [7, 11) is 1.67. The van der Waals surface area contributed by atoms with Gasteiger partial charge in [0.25, 0.3) is 0 Å². The summed E-state index contributed by atoms with van der Waals surface area (Å²) < 4.78 is 5.23. The maximum absolute atomic E-state index is 5.23. The van der Waals surface area contributed by atoms with Gasteiger partial charge in [-0.25, -0.2) is 5.43 Å². The highest BCUT2D eigenvalue weighted by Crippen LogP contribution is 2.28. The highest BCUT2D eigenvalue weighted by molar-refractivity contribution is 5.61. The van der Waals surface area contributed by atoms with Crippen molar-refractivity contribution in [2.24, 2.45) is 5.84 Å². The Labute approximate surface area is 84.4 Å². The van der Waals surface area contributed by atoms with Crippen LogP contribution in [0.1, 0.15) is 11.1 Å². The standard InChI is InChI=1S/C10H17N3O/c1-7-4-5-9(14-3)8(2)10(7)12-6-13-11/h4-5,12-13H,6,11H2,1-3H3. The van der Waals surface area contributed by atoms with Crippen LogP contribution in [0.25, 0.3) is 0 Å². The molecule has 0 spiro atoms. The average molecular weight is 195 g/mol. The molecule has 0 saturated carbocycles. The molecule has 0 aliphatic carbocycles. The van der Waals surface area contributed by atoms with Crippen LogP contribution in [0, 0.1) is 13.8 Å². The van der Waals surface area contributed by atoms with Crippen LogP contribution in [0.2, 0.25) is 0 Å². The lowest BCUT2D eigenvalue weighted by Gasteiger charge is -2.14. The lowest BCUT2D eigenvalue weighted by Crippen LogP contribution is -2.28. The number of nitrogens with one attached hydrogen (secondary N) is 2. The number of hydrogen-bond acceptors (Lipinski definition) is 4. The van der Waals surface area contributed by atoms with E-state index in [4.69, 9.17) is 10.6 Å². The Morgan fingerprint density at radius 2 is 2.07 bits per heavy atom. The molecule has 1 rings (SSSR count). The summed E-state index contributed by atoms with van der Waals surface area (Å²) in [6, 6.07) is 3.98. The van der Waals surface area contributed by atoms with Crippen molar-refractivity contribution in [1.82, 2.24) is 5.43 Å². The summed E-state index contributed by atoms with van der Waals surface area (Å²) in [5.74, 6) is 6.09. The predicted molar refractivity (Wildman–Crippen MR) is 58.3 cm³/mol. The van der Waals surface area contributed by atoms with Crippen LogP contribution in [0.3, 0.4) is 0 Å². The number of methoxy groups -OCH3 is 1. The molecule has 0 aromatic heterocycles. The summed E-state index contributed by atoms with van der Waals surface area (Å²) >= 11 is 0. The lowest BCUT2D eigenvalue weighted by atomic mass is 10.1. The Balaban J connectivity index is 2.99. The van der Waals surface area contributed by atoms with Crippen LogP contribution in [-0.4, -0.2) is 13.8 Å². The summed E-state index contributed by atoms with van der Waals surface area (Å²) in [6.45, 7) is 4.60. The SMILES string of the molecule is COc1ccc(C)c(NCNN)c1C. The van der Waals surface area contributed by atoms with Crippen molar-refractivity contribution in [1.29, 1.82) is 0 Å². The molecule has 78 valence electrons. The van der Waals surface area contributed by atoms with Gasteiger partial charge in [0.2, 0.25) is 0 Å². The van der Waals surface area contributed by atoms with Gasteiger partial charge in [-0.3, -0.25) is 5.84 Å². The quantitative estimate of drug-likeness (QED) is 0.383. The van der Waals surface area contributed by atoms with Gasteiger partial charge in [0.15, 0.2) is 0 Å². The molecule has 1 aromatic rings. The van der Waals surface area contributed by atoms with Crippen LogP contribution in [0.4, 0.5) is 5.69 Å². The molecule has 4 nitrogen and oxygen atoms in total. The Hall–Kier alpha value is -1.26. The maximum Gasteiger partial charge on any atom is 0.123 e. The molecule has 14 heavy (non-hydrogen) atoms. The number of hydrazine groups is 1. The third-order valence-corrected chi connectivity index (χ3v) is 2.21. The van der Waals surface area contributed by atoms with Crippen LogP contribution in [-0.2, 0) is 0 Å². The minimum atomic E-state index is 0.537. The topological polar surface area (TPSA) is 59.3 Å². The molecule has 4 heteroatoms. The summed E-state index contributed by atoms with van der Waals surface area (Å²) in [4.78, 5) is 0. The summed E-state index contributed by atoms with van der Waals surface area (Å²) in [5.41, 5.74) is 5.91. The van der Waals surface area contributed by atoms with Crippen molar-refractivity contribution in [3.05, 3.63) is 23.3 Å². The van der Waals surface area contributed by atoms with E-state index in [1.807, 2.05) is 26.0 Å². The van der Waals surface area contributed by atoms with E-state index >= 15 is 0 Å². The largest absolute Gasteiger partial charge is 0.496 e. The highest BCUT2D eigenvalue weighted by atomic mass is 16.5. The number of hydrogen-bond donors (Lipinski definition) is 3. The second-order valence-electron chi connectivity index (χ2n) is 3.14. The zero-order chi connectivity index (χ0) is 10.6. The van der Waals surface area contributed by atoms with Gasteiger partial charge in [-0.15, -0.1) is 0 Å². The van der Waals surface area contributed by atoms with Crippen molar-refractivity contribution in [2.75, 3.05) is 19.1 Å². The van der Waals surface area contributed by atoms with E-state index in [1.165, 1.54) is 5.56 Å². The second kappa shape index (κ2) is 4.83. The first kappa shape index (κ1) is 10.8. The van der Waals surface area contributed by atoms with Crippen LogP contribution >= 0.6 is 0 Å². The smallest absolute Gasteiger partial charge is 0.123 e. The number of aryl methyl sites for hydroxylation is 1. The number of nitrogens with two attached hydrogens (primary N) is 1. The Kier molecular flexibility index (Phi) is 3.73. The average Bonchev–Trinajstić information content (AvgIpc) is 2.18. The fourth-order valence-electron chi connectivity index (χ4n) is 1.46. The van der Waals surface area contributed by atoms with Crippen molar-refractivity contribution < 1.29 is 4.74 Å². The van der Waals surface area contributed by atoms with E-state index < -0.39 is 0 Å². The Morgan fingerprint density at radius 1 is 1.36 bits per heavy atom. The molecule has 0 unspecified atom stereocenters. The lowest BCUT2D eigenvalue weighted by molar-refractivity contribution is 0.412. The fourth-order valence-corrected chi connectivity index (χ4v) is 1.46. The molecular weight excluding hydrogens is 178 g/mol. The molecule has 0 amide bonds. The molecular formula is C10H17N3O. The van der Waals surface area contributed by atoms with E-state index in [1.54, 1.807) is 7.11 Å². The van der Waals surface area contributed by atoms with E-state index in [0.29, 0.717) is 6.67 Å². The zero-order valence-electron chi connectivity index (χ0n) is 8.85. The minimum absolute atomic E-state index is 0.537. The van der Waals surface area contributed by atoms with Gasteiger partial charge in [-0.05, 0) is 25.5 Å². The van der Waals surface area contributed by atoms with Crippen LogP contribution in [0.15, 0.2) is 12.1 Å². The van der Waals surface area contributed by atoms with Crippen molar-refractivity contribution in [3.63, 3.8) is 0 Å². The van der Waals surface area contributed by atoms with Crippen LogP contribution < -0.4 is 21.3 Å². The number of benzene rings is 1. The molecule has 0 bridgehead atoms. The van der Waals surface area contributed by atoms with Crippen molar-refractivity contribution in [3.8, 4) is 5.75 Å². The number of rotatable bonds is 4. The maximum atomic E-state index is 5.23. The van der Waals surface area contributed by atoms with Gasteiger partial charge in [-0.1, -0.05) is 6.07 Å². The molecule has 0 radical (unpaired) electrons. The van der Waals surface area contributed by atoms with E-state index in [9.17, 15) is 0 Å². The molecule has 0 aliphatic rings. The van der Waals surface area contributed by atoms with Crippen molar-refractivity contribution in [2.45, 2.75) is 13.8 Å². The van der Waals surface area contributed by atoms with Gasteiger partial charge in [0.05, 0.1) is 13.8 Å². The predicted octanol–water partition coefficient (Wildman–Crippen LogP) is 1.14. The molecule has 0 aliphatic heterocycles. The van der Waals surface area contributed by atoms with Gasteiger partial charge in [0, 0.05) is 11.3 Å². The van der Waals surface area contributed by atoms with Gasteiger partial charge in [0.1, 0.15) is 5.75 Å². The van der Waals surface area contributed by atoms with E-state index in [-0.39, 0.29) is 0 Å². The van der Waals surface area contributed by atoms with Gasteiger partial charge < -0.3 is 10.1 Å². The highest BCUT2D eigenvalue weighted by Gasteiger charge is 2.06. The van der Waals surface area contributed by atoms with Crippen molar-refractivity contribution >= 4 is 5.69 Å². The number of anilines is 1. The van der Waals surface area contributed by atoms with E-state index in [2.05, 4.69) is 10.7 Å². The molecule has 0 atom stereocenters. The molecule has 4 N–H and O–H groups in total. The Bertz CT molecular complexity index is 312. The molecule has 0 saturated heterocycles. The van der Waals surface area contributed by atoms with Gasteiger partial charge in [-0.2, -0.15) is 0 Å². The first-order valence-corrected chi connectivity index (χ1v) is 4.52. The third kappa shape index (κ3) is 2.16. The minimum Gasteiger partial charge on any atom is -0.496 e. The fraction of sp³-hybridized carbons (Fsp3) is 0.400. The monoisotopic (exact) mass is 195 g/mol. The summed E-state index contributed by atoms with van der Waals surface area (Å²) in [5, 5.41) is 3.19. The third-order valence-electron chi connectivity index (χ3n) is 2.21. The first-order chi connectivity index (χ1) is 6.70. The zero-order valence-corrected chi connectivity index (χ0v) is 8.85.